The Hall–Kier alpha value is -3.23. The molecule has 8 heteroatoms. The molecule has 4 rings (SSSR count). The smallest absolute Gasteiger partial charge is 0.244 e. The first kappa shape index (κ1) is 23.9. The molecule has 3 aromatic rings. The fourth-order valence-electron chi connectivity index (χ4n) is 4.26. The van der Waals surface area contributed by atoms with Crippen LogP contribution in [0.2, 0.25) is 0 Å². The Morgan fingerprint density at radius 1 is 0.912 bits per heavy atom. The van der Waals surface area contributed by atoms with E-state index in [0.717, 1.165) is 21.9 Å². The number of amides is 2. The van der Waals surface area contributed by atoms with Gasteiger partial charge in [0, 0.05) is 26.2 Å². The van der Waals surface area contributed by atoms with E-state index in [1.54, 1.807) is 36.1 Å². The predicted octanol–water partition coefficient (Wildman–Crippen LogP) is 2.73. The average Bonchev–Trinajstić information content (AvgIpc) is 2.84. The number of rotatable bonds is 6. The van der Waals surface area contributed by atoms with Crippen LogP contribution in [0.1, 0.15) is 18.1 Å². The molecular weight excluding hydrogens is 450 g/mol. The van der Waals surface area contributed by atoms with Gasteiger partial charge in [0.25, 0.3) is 0 Å². The zero-order chi connectivity index (χ0) is 24.3. The Labute approximate surface area is 200 Å². The molecule has 0 aliphatic carbocycles. The van der Waals surface area contributed by atoms with E-state index in [1.807, 2.05) is 49.4 Å². The Balaban J connectivity index is 1.33. The Bertz CT molecular complexity index is 1290. The lowest BCUT2D eigenvalue weighted by molar-refractivity contribution is -0.136. The van der Waals surface area contributed by atoms with Gasteiger partial charge < -0.3 is 10.2 Å². The molecule has 34 heavy (non-hydrogen) atoms. The number of hydrogen-bond acceptors (Lipinski definition) is 4. The average molecular weight is 480 g/mol. The van der Waals surface area contributed by atoms with Gasteiger partial charge in [-0.05, 0) is 42.3 Å². The van der Waals surface area contributed by atoms with Crippen LogP contribution >= 0.6 is 0 Å². The lowest BCUT2D eigenvalue weighted by Gasteiger charge is -2.35. The third-order valence-electron chi connectivity index (χ3n) is 6.19. The number of fused-ring (bicyclic) bond motifs is 1. The monoisotopic (exact) mass is 479 g/mol. The Morgan fingerprint density at radius 2 is 1.56 bits per heavy atom. The van der Waals surface area contributed by atoms with Crippen molar-refractivity contribution in [3.63, 3.8) is 0 Å². The quantitative estimate of drug-likeness (QED) is 0.589. The molecule has 1 fully saturated rings. The number of piperazine rings is 1. The van der Waals surface area contributed by atoms with Crippen LogP contribution in [0.25, 0.3) is 10.8 Å². The van der Waals surface area contributed by atoms with E-state index in [9.17, 15) is 18.0 Å². The summed E-state index contributed by atoms with van der Waals surface area (Å²) in [4.78, 5) is 27.4. The van der Waals surface area contributed by atoms with Gasteiger partial charge in [0.2, 0.25) is 21.8 Å². The van der Waals surface area contributed by atoms with Crippen molar-refractivity contribution in [2.24, 2.45) is 0 Å². The molecule has 1 unspecified atom stereocenters. The first-order chi connectivity index (χ1) is 16.3. The topological polar surface area (TPSA) is 86.8 Å². The minimum atomic E-state index is -3.59. The van der Waals surface area contributed by atoms with Crippen molar-refractivity contribution in [1.82, 2.24) is 14.5 Å². The fourth-order valence-corrected chi connectivity index (χ4v) is 5.68. The predicted molar refractivity (Wildman–Crippen MR) is 132 cm³/mol. The molecule has 1 heterocycles. The van der Waals surface area contributed by atoms with E-state index in [4.69, 9.17) is 0 Å². The number of carbonyl (C=O) groups excluding carboxylic acids is 2. The van der Waals surface area contributed by atoms with Crippen LogP contribution in [0.3, 0.4) is 0 Å². The third kappa shape index (κ3) is 5.13. The number of aryl methyl sites for hydroxylation is 1. The molecule has 1 N–H and O–H groups in total. The fraction of sp³-hybridized carbons (Fsp3) is 0.308. The molecule has 0 spiro atoms. The van der Waals surface area contributed by atoms with Gasteiger partial charge in [0.15, 0.2) is 0 Å². The number of nitrogens with one attached hydrogen (secondary N) is 1. The second-order valence-corrected chi connectivity index (χ2v) is 10.6. The molecule has 178 valence electrons. The molecule has 2 amide bonds. The normalized spacial score (nSPS) is 15.8. The number of hydrogen-bond donors (Lipinski definition) is 1. The van der Waals surface area contributed by atoms with Crippen LogP contribution in [-0.4, -0.2) is 61.7 Å². The molecule has 0 saturated carbocycles. The van der Waals surface area contributed by atoms with Crippen molar-refractivity contribution in [2.75, 3.05) is 26.2 Å². The maximum atomic E-state index is 12.9. The van der Waals surface area contributed by atoms with Gasteiger partial charge in [-0.25, -0.2) is 8.42 Å². The van der Waals surface area contributed by atoms with Crippen LogP contribution in [0.15, 0.2) is 71.6 Å². The van der Waals surface area contributed by atoms with Crippen LogP contribution in [0.4, 0.5) is 0 Å². The zero-order valence-corrected chi connectivity index (χ0v) is 20.2. The number of benzene rings is 3. The molecule has 0 aromatic heterocycles. The molecule has 3 aromatic carbocycles. The third-order valence-corrected chi connectivity index (χ3v) is 8.10. The van der Waals surface area contributed by atoms with Crippen molar-refractivity contribution in [1.29, 1.82) is 0 Å². The summed E-state index contributed by atoms with van der Waals surface area (Å²) in [6, 6.07) is 19.8. The highest BCUT2D eigenvalue weighted by molar-refractivity contribution is 7.89. The minimum absolute atomic E-state index is 0.182. The zero-order valence-electron chi connectivity index (χ0n) is 19.4. The molecule has 1 atom stereocenters. The molecule has 7 nitrogen and oxygen atoms in total. The standard InChI is InChI=1S/C26H29N3O4S/c1-19-10-12-23(13-11-19)34(32,33)29-16-14-28(15-17-29)26(31)20(2)27-25(30)18-22-8-5-7-21-6-3-4-9-24(21)22/h3-13,20H,14-18H2,1-2H3,(H,27,30). The van der Waals surface area contributed by atoms with Gasteiger partial charge in [0.1, 0.15) is 6.04 Å². The second kappa shape index (κ2) is 9.95. The van der Waals surface area contributed by atoms with Crippen molar-refractivity contribution < 1.29 is 18.0 Å². The summed E-state index contributed by atoms with van der Waals surface area (Å²) in [6.07, 6.45) is 0.182. The van der Waals surface area contributed by atoms with Gasteiger partial charge in [-0.1, -0.05) is 60.2 Å². The SMILES string of the molecule is Cc1ccc(S(=O)(=O)N2CCN(C(=O)C(C)NC(=O)Cc3cccc4ccccc34)CC2)cc1. The van der Waals surface area contributed by atoms with Gasteiger partial charge >= 0.3 is 0 Å². The van der Waals surface area contributed by atoms with Gasteiger partial charge in [-0.2, -0.15) is 4.31 Å². The highest BCUT2D eigenvalue weighted by atomic mass is 32.2. The summed E-state index contributed by atoms with van der Waals surface area (Å²) < 4.78 is 27.2. The summed E-state index contributed by atoms with van der Waals surface area (Å²) in [5.74, 6) is -0.434. The molecule has 0 radical (unpaired) electrons. The summed E-state index contributed by atoms with van der Waals surface area (Å²) in [5.41, 5.74) is 1.90. The number of carbonyl (C=O) groups is 2. The van der Waals surface area contributed by atoms with Crippen molar-refractivity contribution in [3.8, 4) is 0 Å². The van der Waals surface area contributed by atoms with E-state index < -0.39 is 16.1 Å². The highest BCUT2D eigenvalue weighted by Gasteiger charge is 2.31. The van der Waals surface area contributed by atoms with Gasteiger partial charge in [0.05, 0.1) is 11.3 Å². The minimum Gasteiger partial charge on any atom is -0.344 e. The van der Waals surface area contributed by atoms with E-state index in [2.05, 4.69) is 5.32 Å². The molecule has 0 bridgehead atoms. The van der Waals surface area contributed by atoms with Gasteiger partial charge in [-0.15, -0.1) is 0 Å². The van der Waals surface area contributed by atoms with Crippen molar-refractivity contribution in [3.05, 3.63) is 77.9 Å². The van der Waals surface area contributed by atoms with Crippen LogP contribution in [0.5, 0.6) is 0 Å². The van der Waals surface area contributed by atoms with Crippen molar-refractivity contribution >= 4 is 32.6 Å². The summed E-state index contributed by atoms with van der Waals surface area (Å²) in [6.45, 7) is 4.58. The molecule has 1 aliphatic heterocycles. The first-order valence-electron chi connectivity index (χ1n) is 11.4. The summed E-state index contributed by atoms with van der Waals surface area (Å²) >= 11 is 0. The highest BCUT2D eigenvalue weighted by Crippen LogP contribution is 2.20. The van der Waals surface area contributed by atoms with Gasteiger partial charge in [-0.3, -0.25) is 9.59 Å². The van der Waals surface area contributed by atoms with E-state index >= 15 is 0 Å². The van der Waals surface area contributed by atoms with Crippen molar-refractivity contribution in [2.45, 2.75) is 31.2 Å². The number of sulfonamides is 1. The lowest BCUT2D eigenvalue weighted by Crippen LogP contribution is -2.55. The summed E-state index contributed by atoms with van der Waals surface area (Å²) in [7, 11) is -3.59. The van der Waals surface area contributed by atoms with E-state index in [1.165, 1.54) is 4.31 Å². The molecule has 1 saturated heterocycles. The second-order valence-electron chi connectivity index (χ2n) is 8.65. The van der Waals surface area contributed by atoms with Crippen LogP contribution < -0.4 is 5.32 Å². The summed E-state index contributed by atoms with van der Waals surface area (Å²) in [5, 5.41) is 4.88. The Morgan fingerprint density at radius 3 is 2.26 bits per heavy atom. The first-order valence-corrected chi connectivity index (χ1v) is 12.8. The largest absolute Gasteiger partial charge is 0.344 e. The van der Waals surface area contributed by atoms with E-state index in [-0.39, 0.29) is 49.3 Å². The maximum Gasteiger partial charge on any atom is 0.244 e. The maximum absolute atomic E-state index is 12.9. The Kier molecular flexibility index (Phi) is 7.00. The van der Waals surface area contributed by atoms with Crippen LogP contribution in [-0.2, 0) is 26.0 Å². The van der Waals surface area contributed by atoms with Crippen LogP contribution in [0, 0.1) is 6.92 Å². The molecule has 1 aliphatic rings. The number of nitrogens with zero attached hydrogens (tertiary/aromatic N) is 2. The molecular formula is C26H29N3O4S. The lowest BCUT2D eigenvalue weighted by atomic mass is 10.0. The van der Waals surface area contributed by atoms with E-state index in [0.29, 0.717) is 0 Å².